The van der Waals surface area contributed by atoms with Crippen LogP contribution in [-0.2, 0) is 10.1 Å². The predicted molar refractivity (Wildman–Crippen MR) is 76.7 cm³/mol. The zero-order valence-electron chi connectivity index (χ0n) is 11.6. The number of hydrogen-bond donors (Lipinski definition) is 0. The van der Waals surface area contributed by atoms with Crippen LogP contribution in [0, 0.1) is 13.8 Å². The van der Waals surface area contributed by atoms with Gasteiger partial charge in [-0.25, -0.2) is 0 Å². The van der Waals surface area contributed by atoms with E-state index in [1.54, 1.807) is 24.3 Å². The maximum atomic E-state index is 12.2. The van der Waals surface area contributed by atoms with Crippen LogP contribution in [0.25, 0.3) is 0 Å². The monoisotopic (exact) mass is 292 g/mol. The van der Waals surface area contributed by atoms with Crippen molar-refractivity contribution in [3.63, 3.8) is 0 Å². The maximum Gasteiger partial charge on any atom is 0.339 e. The molecular weight excluding hydrogens is 276 g/mol. The van der Waals surface area contributed by atoms with Gasteiger partial charge in [-0.15, -0.1) is 0 Å². The molecule has 0 fully saturated rings. The minimum absolute atomic E-state index is 0.0949. The number of benzene rings is 2. The zero-order valence-corrected chi connectivity index (χ0v) is 12.4. The second kappa shape index (κ2) is 5.54. The van der Waals surface area contributed by atoms with Gasteiger partial charge >= 0.3 is 10.1 Å². The van der Waals surface area contributed by atoms with Crippen molar-refractivity contribution in [3.05, 3.63) is 53.6 Å². The van der Waals surface area contributed by atoms with E-state index in [1.807, 2.05) is 19.9 Å². The highest BCUT2D eigenvalue weighted by Gasteiger charge is 2.16. The first kappa shape index (κ1) is 14.4. The van der Waals surface area contributed by atoms with Crippen molar-refractivity contribution in [1.82, 2.24) is 0 Å². The number of hydrogen-bond acceptors (Lipinski definition) is 4. The summed E-state index contributed by atoms with van der Waals surface area (Å²) in [5.41, 5.74) is 1.90. The molecule has 2 aromatic rings. The summed E-state index contributed by atoms with van der Waals surface area (Å²) >= 11 is 0. The van der Waals surface area contributed by atoms with Crippen molar-refractivity contribution < 1.29 is 17.3 Å². The first-order valence-corrected chi connectivity index (χ1v) is 7.48. The number of rotatable bonds is 4. The van der Waals surface area contributed by atoms with Crippen LogP contribution in [0.3, 0.4) is 0 Å². The molecule has 2 rings (SSSR count). The molecule has 2 aromatic carbocycles. The molecule has 0 amide bonds. The Morgan fingerprint density at radius 1 is 0.850 bits per heavy atom. The third-order valence-electron chi connectivity index (χ3n) is 2.75. The number of aryl methyl sites for hydroxylation is 2. The smallest absolute Gasteiger partial charge is 0.339 e. The lowest BCUT2D eigenvalue weighted by Crippen LogP contribution is -2.09. The maximum absolute atomic E-state index is 12.2. The Morgan fingerprint density at radius 2 is 1.40 bits per heavy atom. The van der Waals surface area contributed by atoms with Crippen molar-refractivity contribution in [2.45, 2.75) is 18.7 Å². The Morgan fingerprint density at radius 3 is 1.90 bits per heavy atom. The molecule has 20 heavy (non-hydrogen) atoms. The first-order valence-electron chi connectivity index (χ1n) is 6.07. The summed E-state index contributed by atoms with van der Waals surface area (Å²) in [6.07, 6.45) is 0. The Kier molecular flexibility index (Phi) is 3.99. The van der Waals surface area contributed by atoms with Gasteiger partial charge in [0.15, 0.2) is 0 Å². The normalized spacial score (nSPS) is 11.2. The molecule has 0 aliphatic carbocycles. The molecule has 0 bridgehead atoms. The number of methoxy groups -OCH3 is 1. The molecule has 0 aliphatic heterocycles. The lowest BCUT2D eigenvalue weighted by atomic mass is 10.1. The Bertz CT molecular complexity index is 683. The van der Waals surface area contributed by atoms with Gasteiger partial charge in [0, 0.05) is 0 Å². The molecule has 0 unspecified atom stereocenters. The third kappa shape index (κ3) is 3.30. The minimum Gasteiger partial charge on any atom is -0.497 e. The second-order valence-corrected chi connectivity index (χ2v) is 6.08. The van der Waals surface area contributed by atoms with Gasteiger partial charge in [-0.2, -0.15) is 8.42 Å². The van der Waals surface area contributed by atoms with Gasteiger partial charge in [0.05, 0.1) is 7.11 Å². The van der Waals surface area contributed by atoms with Crippen LogP contribution >= 0.6 is 0 Å². The van der Waals surface area contributed by atoms with Crippen LogP contribution in [0.1, 0.15) is 11.1 Å². The fourth-order valence-corrected chi connectivity index (χ4v) is 2.81. The Labute approximate surface area is 119 Å². The van der Waals surface area contributed by atoms with Gasteiger partial charge in [-0.1, -0.05) is 6.07 Å². The molecular formula is C15H16O4S. The van der Waals surface area contributed by atoms with E-state index in [0.29, 0.717) is 11.5 Å². The van der Waals surface area contributed by atoms with Crippen LogP contribution in [0.2, 0.25) is 0 Å². The summed E-state index contributed by atoms with van der Waals surface area (Å²) in [4.78, 5) is 0.0949. The van der Waals surface area contributed by atoms with E-state index < -0.39 is 10.1 Å². The highest BCUT2D eigenvalue weighted by Crippen LogP contribution is 2.22. The van der Waals surface area contributed by atoms with Crippen molar-refractivity contribution in [3.8, 4) is 11.5 Å². The van der Waals surface area contributed by atoms with E-state index in [9.17, 15) is 8.42 Å². The molecule has 0 radical (unpaired) electrons. The van der Waals surface area contributed by atoms with E-state index >= 15 is 0 Å². The largest absolute Gasteiger partial charge is 0.497 e. The van der Waals surface area contributed by atoms with Gasteiger partial charge < -0.3 is 8.92 Å². The minimum atomic E-state index is -3.83. The third-order valence-corrected chi connectivity index (χ3v) is 4.01. The predicted octanol–water partition coefficient (Wildman–Crippen LogP) is 3.08. The molecule has 0 atom stereocenters. The first-order chi connectivity index (χ1) is 9.40. The molecule has 106 valence electrons. The topological polar surface area (TPSA) is 52.6 Å². The van der Waals surface area contributed by atoms with E-state index in [0.717, 1.165) is 11.1 Å². The fraction of sp³-hybridized carbons (Fsp3) is 0.200. The zero-order chi connectivity index (χ0) is 14.8. The Balaban J connectivity index is 2.30. The molecule has 0 N–H and O–H groups in total. The summed E-state index contributed by atoms with van der Waals surface area (Å²) in [6.45, 7) is 3.78. The van der Waals surface area contributed by atoms with Crippen molar-refractivity contribution in [2.75, 3.05) is 7.11 Å². The summed E-state index contributed by atoms with van der Waals surface area (Å²) in [7, 11) is -2.30. The quantitative estimate of drug-likeness (QED) is 0.813. The molecule has 0 heterocycles. The Hall–Kier alpha value is -2.01. The highest BCUT2D eigenvalue weighted by molar-refractivity contribution is 7.87. The average molecular weight is 292 g/mol. The summed E-state index contributed by atoms with van der Waals surface area (Å²) < 4.78 is 34.5. The van der Waals surface area contributed by atoms with Gasteiger partial charge in [-0.05, 0) is 61.4 Å². The molecule has 0 aromatic heterocycles. The van der Waals surface area contributed by atoms with Crippen molar-refractivity contribution in [2.24, 2.45) is 0 Å². The fourth-order valence-electron chi connectivity index (χ4n) is 1.90. The van der Waals surface area contributed by atoms with Crippen LogP contribution in [0.5, 0.6) is 11.5 Å². The highest BCUT2D eigenvalue weighted by atomic mass is 32.2. The van der Waals surface area contributed by atoms with Crippen LogP contribution in [0.15, 0.2) is 47.4 Å². The number of ether oxygens (including phenoxy) is 1. The summed E-state index contributed by atoms with van der Waals surface area (Å²) in [5.74, 6) is 0.911. The average Bonchev–Trinajstić information content (AvgIpc) is 2.37. The SMILES string of the molecule is COc1ccc(S(=O)(=O)Oc2cc(C)cc(C)c2)cc1. The van der Waals surface area contributed by atoms with E-state index in [-0.39, 0.29) is 4.90 Å². The van der Waals surface area contributed by atoms with Crippen LogP contribution in [-0.4, -0.2) is 15.5 Å². The summed E-state index contributed by atoms with van der Waals surface area (Å²) in [5, 5.41) is 0. The lowest BCUT2D eigenvalue weighted by molar-refractivity contribution is 0.414. The molecule has 0 saturated carbocycles. The van der Waals surface area contributed by atoms with Gasteiger partial charge in [-0.3, -0.25) is 0 Å². The van der Waals surface area contributed by atoms with Gasteiger partial charge in [0.2, 0.25) is 0 Å². The van der Waals surface area contributed by atoms with E-state index in [1.165, 1.54) is 19.2 Å². The standard InChI is InChI=1S/C15H16O4S/c1-11-8-12(2)10-14(9-11)19-20(16,17)15-6-4-13(18-3)5-7-15/h4-10H,1-3H3. The molecule has 5 heteroatoms. The van der Waals surface area contributed by atoms with Gasteiger partial charge in [0.25, 0.3) is 0 Å². The molecule has 4 nitrogen and oxygen atoms in total. The van der Waals surface area contributed by atoms with Crippen molar-refractivity contribution in [1.29, 1.82) is 0 Å². The molecule has 0 saturated heterocycles. The second-order valence-electron chi connectivity index (χ2n) is 4.54. The lowest BCUT2D eigenvalue weighted by Gasteiger charge is -2.09. The van der Waals surface area contributed by atoms with E-state index in [2.05, 4.69) is 0 Å². The van der Waals surface area contributed by atoms with Crippen LogP contribution in [0.4, 0.5) is 0 Å². The molecule has 0 aliphatic rings. The molecule has 0 spiro atoms. The van der Waals surface area contributed by atoms with Gasteiger partial charge in [0.1, 0.15) is 16.4 Å². The summed E-state index contributed by atoms with van der Waals surface area (Å²) in [6, 6.07) is 11.4. The van der Waals surface area contributed by atoms with Crippen molar-refractivity contribution >= 4 is 10.1 Å². The van der Waals surface area contributed by atoms with E-state index in [4.69, 9.17) is 8.92 Å². The van der Waals surface area contributed by atoms with Crippen LogP contribution < -0.4 is 8.92 Å².